The molecule has 20 heavy (non-hydrogen) atoms. The predicted octanol–water partition coefficient (Wildman–Crippen LogP) is 4.41. The first kappa shape index (κ1) is 12.9. The summed E-state index contributed by atoms with van der Waals surface area (Å²) in [7, 11) is 0. The number of nitrogens with zero attached hydrogens (tertiary/aromatic N) is 1. The minimum atomic E-state index is 0.530. The first-order chi connectivity index (χ1) is 9.92. The fourth-order valence-electron chi connectivity index (χ4n) is 2.19. The van der Waals surface area contributed by atoms with Crippen LogP contribution in [0.15, 0.2) is 65.8 Å². The van der Waals surface area contributed by atoms with Gasteiger partial charge in [0.2, 0.25) is 0 Å². The van der Waals surface area contributed by atoms with E-state index in [1.54, 1.807) is 0 Å². The fourth-order valence-corrected chi connectivity index (χ4v) is 2.19. The fraction of sp³-hybridized carbons (Fsp3) is 0.278. The van der Waals surface area contributed by atoms with Crippen molar-refractivity contribution < 1.29 is 4.84 Å². The molecule has 0 heterocycles. The van der Waals surface area contributed by atoms with Crippen LogP contribution >= 0.6 is 0 Å². The Labute approximate surface area is 120 Å². The number of hydrogen-bond donors (Lipinski definition) is 0. The molecular formula is C18H19NO. The van der Waals surface area contributed by atoms with Crippen molar-refractivity contribution in [1.29, 1.82) is 0 Å². The van der Waals surface area contributed by atoms with E-state index in [9.17, 15) is 0 Å². The van der Waals surface area contributed by atoms with Crippen LogP contribution in [0.3, 0.4) is 0 Å². The molecule has 1 saturated carbocycles. The molecule has 1 fully saturated rings. The summed E-state index contributed by atoms with van der Waals surface area (Å²) >= 11 is 0. The molecule has 0 amide bonds. The molecule has 0 radical (unpaired) electrons. The van der Waals surface area contributed by atoms with Gasteiger partial charge >= 0.3 is 0 Å². The molecule has 2 nitrogen and oxygen atoms in total. The van der Waals surface area contributed by atoms with Gasteiger partial charge in [0.25, 0.3) is 0 Å². The highest BCUT2D eigenvalue weighted by Crippen LogP contribution is 2.33. The summed E-state index contributed by atoms with van der Waals surface area (Å²) in [5.74, 6) is 0.800. The Morgan fingerprint density at radius 2 is 1.60 bits per heavy atom. The highest BCUT2D eigenvalue weighted by Gasteiger charge is 2.24. The Bertz CT molecular complexity index is 558. The lowest BCUT2D eigenvalue weighted by atomic mass is 10.1. The smallest absolute Gasteiger partial charge is 0.142 e. The van der Waals surface area contributed by atoms with Crippen molar-refractivity contribution in [3.63, 3.8) is 0 Å². The van der Waals surface area contributed by atoms with Crippen LogP contribution in [-0.2, 0) is 11.4 Å². The van der Waals surface area contributed by atoms with Crippen molar-refractivity contribution in [2.45, 2.75) is 25.9 Å². The normalized spacial score (nSPS) is 15.1. The largest absolute Gasteiger partial charge is 0.391 e. The van der Waals surface area contributed by atoms with E-state index in [1.165, 1.54) is 18.4 Å². The van der Waals surface area contributed by atoms with Crippen LogP contribution in [0.25, 0.3) is 0 Å². The van der Waals surface area contributed by atoms with Crippen molar-refractivity contribution >= 4 is 5.71 Å². The summed E-state index contributed by atoms with van der Waals surface area (Å²) < 4.78 is 0. The standard InChI is InChI=1S/C18H19NO/c1-3-7-16(8-4-1)14-20-19-18(13-15-11-12-15)17-9-5-2-6-10-17/h1-10,15H,11-14H2/b19-18+. The molecular weight excluding hydrogens is 246 g/mol. The average molecular weight is 265 g/mol. The second kappa shape index (κ2) is 6.38. The van der Waals surface area contributed by atoms with E-state index in [1.807, 2.05) is 24.3 Å². The zero-order chi connectivity index (χ0) is 13.6. The van der Waals surface area contributed by atoms with Gasteiger partial charge in [-0.1, -0.05) is 65.8 Å². The first-order valence-electron chi connectivity index (χ1n) is 7.20. The lowest BCUT2D eigenvalue weighted by Gasteiger charge is -2.06. The van der Waals surface area contributed by atoms with Gasteiger partial charge in [-0.3, -0.25) is 0 Å². The molecule has 0 unspecified atom stereocenters. The Morgan fingerprint density at radius 3 is 2.25 bits per heavy atom. The molecule has 102 valence electrons. The third-order valence-electron chi connectivity index (χ3n) is 3.53. The van der Waals surface area contributed by atoms with Gasteiger partial charge in [0, 0.05) is 0 Å². The molecule has 0 N–H and O–H groups in total. The third-order valence-corrected chi connectivity index (χ3v) is 3.53. The van der Waals surface area contributed by atoms with Crippen molar-refractivity contribution in [3.05, 3.63) is 71.8 Å². The minimum absolute atomic E-state index is 0.530. The van der Waals surface area contributed by atoms with Gasteiger partial charge in [-0.2, -0.15) is 0 Å². The maximum Gasteiger partial charge on any atom is 0.142 e. The Balaban J connectivity index is 1.67. The molecule has 0 spiro atoms. The Morgan fingerprint density at radius 1 is 0.950 bits per heavy atom. The topological polar surface area (TPSA) is 21.6 Å². The second-order valence-electron chi connectivity index (χ2n) is 5.31. The van der Waals surface area contributed by atoms with E-state index in [4.69, 9.17) is 4.84 Å². The monoisotopic (exact) mass is 265 g/mol. The van der Waals surface area contributed by atoms with E-state index in [-0.39, 0.29) is 0 Å². The van der Waals surface area contributed by atoms with Gasteiger partial charge < -0.3 is 4.84 Å². The zero-order valence-electron chi connectivity index (χ0n) is 11.5. The zero-order valence-corrected chi connectivity index (χ0v) is 11.5. The van der Waals surface area contributed by atoms with Crippen molar-refractivity contribution in [2.75, 3.05) is 0 Å². The second-order valence-corrected chi connectivity index (χ2v) is 5.31. The Kier molecular flexibility index (Phi) is 4.12. The molecule has 1 aliphatic carbocycles. The summed E-state index contributed by atoms with van der Waals surface area (Å²) in [6, 6.07) is 20.5. The van der Waals surface area contributed by atoms with Crippen molar-refractivity contribution in [2.24, 2.45) is 11.1 Å². The lowest BCUT2D eigenvalue weighted by molar-refractivity contribution is 0.130. The van der Waals surface area contributed by atoms with Crippen LogP contribution in [-0.4, -0.2) is 5.71 Å². The van der Waals surface area contributed by atoms with Crippen molar-refractivity contribution in [1.82, 2.24) is 0 Å². The van der Waals surface area contributed by atoms with Crippen LogP contribution in [0.1, 0.15) is 30.4 Å². The van der Waals surface area contributed by atoms with Gasteiger partial charge in [-0.25, -0.2) is 0 Å². The van der Waals surface area contributed by atoms with Crippen molar-refractivity contribution in [3.8, 4) is 0 Å². The average Bonchev–Trinajstić information content (AvgIpc) is 3.32. The van der Waals surface area contributed by atoms with Gasteiger partial charge in [0.1, 0.15) is 6.61 Å². The van der Waals surface area contributed by atoms with Gasteiger partial charge in [-0.05, 0) is 36.3 Å². The van der Waals surface area contributed by atoms with Crippen LogP contribution < -0.4 is 0 Å². The predicted molar refractivity (Wildman–Crippen MR) is 81.6 cm³/mol. The van der Waals surface area contributed by atoms with E-state index in [2.05, 4.69) is 41.6 Å². The molecule has 0 bridgehead atoms. The molecule has 0 atom stereocenters. The molecule has 1 aliphatic rings. The quantitative estimate of drug-likeness (QED) is 0.560. The molecule has 0 aliphatic heterocycles. The summed E-state index contributed by atoms with van der Waals surface area (Å²) in [6.07, 6.45) is 3.67. The Hall–Kier alpha value is -2.09. The number of oxime groups is 1. The van der Waals surface area contributed by atoms with Gasteiger partial charge in [0.05, 0.1) is 5.71 Å². The SMILES string of the molecule is c1ccc(CO/N=C(\CC2CC2)c2ccccc2)cc1. The van der Waals surface area contributed by atoms with E-state index < -0.39 is 0 Å². The summed E-state index contributed by atoms with van der Waals surface area (Å²) in [5.41, 5.74) is 3.39. The highest BCUT2D eigenvalue weighted by atomic mass is 16.6. The maximum absolute atomic E-state index is 5.55. The van der Waals surface area contributed by atoms with E-state index in [0.717, 1.165) is 23.6 Å². The van der Waals surface area contributed by atoms with Gasteiger partial charge in [-0.15, -0.1) is 0 Å². The van der Waals surface area contributed by atoms with Crippen LogP contribution in [0.2, 0.25) is 0 Å². The minimum Gasteiger partial charge on any atom is -0.391 e. The number of benzene rings is 2. The maximum atomic E-state index is 5.55. The summed E-state index contributed by atoms with van der Waals surface area (Å²) in [6.45, 7) is 0.530. The molecule has 3 rings (SSSR count). The van der Waals surface area contributed by atoms with Crippen LogP contribution in [0.5, 0.6) is 0 Å². The molecule has 0 aromatic heterocycles. The molecule has 2 heteroatoms. The van der Waals surface area contributed by atoms with E-state index >= 15 is 0 Å². The van der Waals surface area contributed by atoms with Crippen LogP contribution in [0.4, 0.5) is 0 Å². The summed E-state index contributed by atoms with van der Waals surface area (Å²) in [5, 5.41) is 4.39. The van der Waals surface area contributed by atoms with Crippen LogP contribution in [0, 0.1) is 5.92 Å². The van der Waals surface area contributed by atoms with E-state index in [0.29, 0.717) is 6.61 Å². The molecule has 2 aromatic carbocycles. The molecule has 0 saturated heterocycles. The molecule has 2 aromatic rings. The lowest BCUT2D eigenvalue weighted by Crippen LogP contribution is -2.03. The number of rotatable bonds is 6. The third kappa shape index (κ3) is 3.70. The first-order valence-corrected chi connectivity index (χ1v) is 7.20. The van der Waals surface area contributed by atoms with Gasteiger partial charge in [0.15, 0.2) is 0 Å². The highest BCUT2D eigenvalue weighted by molar-refractivity contribution is 6.00. The number of hydrogen-bond acceptors (Lipinski definition) is 2. The summed E-state index contributed by atoms with van der Waals surface area (Å²) in [4.78, 5) is 5.55.